The van der Waals surface area contributed by atoms with Crippen LogP contribution in [-0.4, -0.2) is 11.4 Å². The Morgan fingerprint density at radius 3 is 2.25 bits per heavy atom. The maximum atomic E-state index is 12.2. The molecular formula is C13H20N2O. The molecule has 88 valence electrons. The van der Waals surface area contributed by atoms with Crippen molar-refractivity contribution in [3.8, 4) is 6.07 Å². The molecule has 0 heterocycles. The lowest BCUT2D eigenvalue weighted by Crippen LogP contribution is -2.56. The zero-order valence-corrected chi connectivity index (χ0v) is 10.0. The van der Waals surface area contributed by atoms with Crippen LogP contribution in [0.3, 0.4) is 0 Å². The Balaban J connectivity index is 2.04. The van der Waals surface area contributed by atoms with E-state index in [1.807, 2.05) is 0 Å². The van der Waals surface area contributed by atoms with E-state index in [0.717, 1.165) is 44.9 Å². The van der Waals surface area contributed by atoms with Gasteiger partial charge >= 0.3 is 0 Å². The smallest absolute Gasteiger partial charge is 0.240 e. The molecule has 2 saturated carbocycles. The number of nitriles is 1. The molecule has 1 N–H and O–H groups in total. The predicted octanol–water partition coefficient (Wildman–Crippen LogP) is 2.52. The maximum absolute atomic E-state index is 12.2. The SMILES string of the molecule is CCC1(NC(=O)C2(C#N)CCCC2)CCC1. The summed E-state index contributed by atoms with van der Waals surface area (Å²) in [6.45, 7) is 2.12. The molecule has 2 rings (SSSR count). The topological polar surface area (TPSA) is 52.9 Å². The molecule has 0 aliphatic heterocycles. The van der Waals surface area contributed by atoms with Gasteiger partial charge in [-0.25, -0.2) is 0 Å². The summed E-state index contributed by atoms with van der Waals surface area (Å²) in [4.78, 5) is 12.2. The molecule has 2 aliphatic rings. The van der Waals surface area contributed by atoms with Gasteiger partial charge in [-0.15, -0.1) is 0 Å². The van der Waals surface area contributed by atoms with Crippen molar-refractivity contribution < 1.29 is 4.79 Å². The predicted molar refractivity (Wildman–Crippen MR) is 61.5 cm³/mol. The van der Waals surface area contributed by atoms with Gasteiger partial charge < -0.3 is 5.32 Å². The molecule has 0 atom stereocenters. The lowest BCUT2D eigenvalue weighted by Gasteiger charge is -2.43. The van der Waals surface area contributed by atoms with Gasteiger partial charge in [0, 0.05) is 5.54 Å². The summed E-state index contributed by atoms with van der Waals surface area (Å²) in [6.07, 6.45) is 7.87. The highest BCUT2D eigenvalue weighted by Gasteiger charge is 2.46. The molecule has 0 aromatic heterocycles. The molecule has 1 amide bonds. The highest BCUT2D eigenvalue weighted by Crippen LogP contribution is 2.40. The average Bonchev–Trinajstić information content (AvgIpc) is 2.73. The third-order valence-electron chi connectivity index (χ3n) is 4.47. The average molecular weight is 220 g/mol. The van der Waals surface area contributed by atoms with Gasteiger partial charge in [0.2, 0.25) is 5.91 Å². The van der Waals surface area contributed by atoms with Crippen molar-refractivity contribution in [1.29, 1.82) is 5.26 Å². The second-order valence-electron chi connectivity index (χ2n) is 5.34. The number of rotatable bonds is 3. The lowest BCUT2D eigenvalue weighted by molar-refractivity contribution is -0.131. The van der Waals surface area contributed by atoms with Crippen LogP contribution in [0, 0.1) is 16.7 Å². The summed E-state index contributed by atoms with van der Waals surface area (Å²) in [5.41, 5.74) is -0.693. The van der Waals surface area contributed by atoms with Crippen molar-refractivity contribution in [3.05, 3.63) is 0 Å². The summed E-state index contributed by atoms with van der Waals surface area (Å²) in [6, 6.07) is 2.26. The Labute approximate surface area is 97.2 Å². The number of hydrogen-bond donors (Lipinski definition) is 1. The molecule has 0 radical (unpaired) electrons. The van der Waals surface area contributed by atoms with Crippen LogP contribution in [-0.2, 0) is 4.79 Å². The molecule has 0 bridgehead atoms. The molecule has 0 aromatic carbocycles. The first kappa shape index (κ1) is 11.4. The third kappa shape index (κ3) is 1.71. The Morgan fingerprint density at radius 1 is 1.25 bits per heavy atom. The van der Waals surface area contributed by atoms with Crippen molar-refractivity contribution in [2.24, 2.45) is 5.41 Å². The first-order chi connectivity index (χ1) is 7.66. The lowest BCUT2D eigenvalue weighted by atomic mass is 9.73. The Morgan fingerprint density at radius 2 is 1.88 bits per heavy atom. The quantitative estimate of drug-likeness (QED) is 0.794. The molecule has 0 spiro atoms. The molecule has 3 nitrogen and oxygen atoms in total. The zero-order chi connectivity index (χ0) is 11.6. The number of carbonyl (C=O) groups excluding carboxylic acids is 1. The first-order valence-electron chi connectivity index (χ1n) is 6.40. The fourth-order valence-electron chi connectivity index (χ4n) is 2.90. The molecule has 0 aromatic rings. The highest BCUT2D eigenvalue weighted by atomic mass is 16.2. The van der Waals surface area contributed by atoms with E-state index in [-0.39, 0.29) is 11.4 Å². The van der Waals surface area contributed by atoms with Crippen molar-refractivity contribution >= 4 is 5.91 Å². The van der Waals surface area contributed by atoms with Gasteiger partial charge in [-0.05, 0) is 38.5 Å². The van der Waals surface area contributed by atoms with Gasteiger partial charge in [0.15, 0.2) is 0 Å². The second kappa shape index (κ2) is 4.08. The van der Waals surface area contributed by atoms with E-state index in [2.05, 4.69) is 18.3 Å². The number of nitrogens with zero attached hydrogens (tertiary/aromatic N) is 1. The normalized spacial score (nSPS) is 25.5. The van der Waals surface area contributed by atoms with Crippen molar-refractivity contribution in [3.63, 3.8) is 0 Å². The van der Waals surface area contributed by atoms with Crippen LogP contribution in [0.1, 0.15) is 58.3 Å². The van der Waals surface area contributed by atoms with Gasteiger partial charge in [-0.2, -0.15) is 5.26 Å². The summed E-state index contributed by atoms with van der Waals surface area (Å²) in [5, 5.41) is 12.4. The molecule has 2 aliphatic carbocycles. The van der Waals surface area contributed by atoms with Crippen LogP contribution in [0.15, 0.2) is 0 Å². The number of nitrogens with one attached hydrogen (secondary N) is 1. The van der Waals surface area contributed by atoms with Crippen molar-refractivity contribution in [1.82, 2.24) is 5.32 Å². The van der Waals surface area contributed by atoms with Crippen molar-refractivity contribution in [2.75, 3.05) is 0 Å². The third-order valence-corrected chi connectivity index (χ3v) is 4.47. The van der Waals surface area contributed by atoms with Gasteiger partial charge in [0.1, 0.15) is 5.41 Å². The number of hydrogen-bond acceptors (Lipinski definition) is 2. The van der Waals surface area contributed by atoms with E-state index in [4.69, 9.17) is 0 Å². The van der Waals surface area contributed by atoms with Crippen LogP contribution in [0.25, 0.3) is 0 Å². The first-order valence-corrected chi connectivity index (χ1v) is 6.40. The van der Waals surface area contributed by atoms with Gasteiger partial charge in [0.25, 0.3) is 0 Å². The van der Waals surface area contributed by atoms with Crippen LogP contribution < -0.4 is 5.32 Å². The van der Waals surface area contributed by atoms with Gasteiger partial charge in [-0.1, -0.05) is 19.8 Å². The Kier molecular flexibility index (Phi) is 2.92. The summed E-state index contributed by atoms with van der Waals surface area (Å²) in [7, 11) is 0. The Bertz CT molecular complexity index is 314. The van der Waals surface area contributed by atoms with Crippen LogP contribution in [0.5, 0.6) is 0 Å². The number of carbonyl (C=O) groups is 1. The van der Waals surface area contributed by atoms with E-state index in [9.17, 15) is 10.1 Å². The van der Waals surface area contributed by atoms with E-state index >= 15 is 0 Å². The van der Waals surface area contributed by atoms with Crippen LogP contribution in [0.4, 0.5) is 0 Å². The van der Waals surface area contributed by atoms with Crippen LogP contribution in [0.2, 0.25) is 0 Å². The highest BCUT2D eigenvalue weighted by molar-refractivity contribution is 5.86. The molecule has 16 heavy (non-hydrogen) atoms. The van der Waals surface area contributed by atoms with Crippen molar-refractivity contribution in [2.45, 2.75) is 63.8 Å². The maximum Gasteiger partial charge on any atom is 0.240 e. The molecule has 0 unspecified atom stereocenters. The second-order valence-corrected chi connectivity index (χ2v) is 5.34. The monoisotopic (exact) mass is 220 g/mol. The summed E-state index contributed by atoms with van der Waals surface area (Å²) < 4.78 is 0. The van der Waals surface area contributed by atoms with E-state index in [1.165, 1.54) is 6.42 Å². The Hall–Kier alpha value is -1.04. The van der Waals surface area contributed by atoms with Gasteiger partial charge in [0.05, 0.1) is 6.07 Å². The molecule has 0 saturated heterocycles. The van der Waals surface area contributed by atoms with E-state index < -0.39 is 5.41 Å². The summed E-state index contributed by atoms with van der Waals surface area (Å²) in [5.74, 6) is -0.00551. The summed E-state index contributed by atoms with van der Waals surface area (Å²) >= 11 is 0. The van der Waals surface area contributed by atoms with Crippen LogP contribution >= 0.6 is 0 Å². The standard InChI is InChI=1S/C13H20N2O/c1-2-13(8-5-9-13)15-11(16)12(10-14)6-3-4-7-12/h2-9H2,1H3,(H,15,16). The molecule has 2 fully saturated rings. The minimum atomic E-state index is -0.711. The van der Waals surface area contributed by atoms with E-state index in [1.54, 1.807) is 0 Å². The van der Waals surface area contributed by atoms with Gasteiger partial charge in [-0.3, -0.25) is 4.79 Å². The molecular weight excluding hydrogens is 200 g/mol. The minimum absolute atomic E-state index is 0.00551. The number of amides is 1. The van der Waals surface area contributed by atoms with E-state index in [0.29, 0.717) is 0 Å². The molecule has 3 heteroatoms. The zero-order valence-electron chi connectivity index (χ0n) is 10.0. The fraction of sp³-hybridized carbons (Fsp3) is 0.846. The minimum Gasteiger partial charge on any atom is -0.349 e. The fourth-order valence-corrected chi connectivity index (χ4v) is 2.90. The largest absolute Gasteiger partial charge is 0.349 e.